The van der Waals surface area contributed by atoms with Gasteiger partial charge in [-0.1, -0.05) is 0 Å². The van der Waals surface area contributed by atoms with Crippen LogP contribution in [0.2, 0.25) is 0 Å². The molecule has 0 radical (unpaired) electrons. The molecular weight excluding hydrogens is 392 g/mol. The molecule has 0 bridgehead atoms. The van der Waals surface area contributed by atoms with Crippen LogP contribution in [0.1, 0.15) is 38.2 Å². The Morgan fingerprint density at radius 3 is 2.55 bits per heavy atom. The van der Waals surface area contributed by atoms with Crippen LogP contribution in [0, 0.1) is 0 Å². The van der Waals surface area contributed by atoms with E-state index in [2.05, 4.69) is 17.9 Å². The quantitative estimate of drug-likeness (QED) is 0.581. The molecule has 6 nitrogen and oxygen atoms in total. The molecule has 1 saturated heterocycles. The molecule has 0 spiro atoms. The third-order valence-electron chi connectivity index (χ3n) is 6.33. The van der Waals surface area contributed by atoms with Crippen molar-refractivity contribution >= 4 is 17.3 Å². The van der Waals surface area contributed by atoms with Crippen LogP contribution in [0.4, 0.5) is 11.4 Å². The Bertz CT molecular complexity index is 930. The lowest BCUT2D eigenvalue weighted by atomic mass is 10.00. The van der Waals surface area contributed by atoms with Crippen molar-refractivity contribution in [1.82, 2.24) is 4.90 Å². The number of ether oxygens (including phenoxy) is 3. The summed E-state index contributed by atoms with van der Waals surface area (Å²) >= 11 is 0. The van der Waals surface area contributed by atoms with Crippen LogP contribution in [0.25, 0.3) is 0 Å². The summed E-state index contributed by atoms with van der Waals surface area (Å²) in [6.45, 7) is 5.31. The number of carbonyl (C=O) groups is 1. The average molecular weight is 425 g/mol. The van der Waals surface area contributed by atoms with E-state index in [-0.39, 0.29) is 5.91 Å². The fraction of sp³-hybridized carbons (Fsp3) is 0.480. The van der Waals surface area contributed by atoms with Crippen LogP contribution in [0.5, 0.6) is 17.2 Å². The number of aryl methyl sites for hydroxylation is 1. The van der Waals surface area contributed by atoms with Crippen LogP contribution in [0.15, 0.2) is 36.4 Å². The lowest BCUT2D eigenvalue weighted by Crippen LogP contribution is -2.31. The molecule has 6 heteroatoms. The van der Waals surface area contributed by atoms with Gasteiger partial charge in [0, 0.05) is 25.1 Å². The van der Waals surface area contributed by atoms with E-state index in [0.717, 1.165) is 35.7 Å². The summed E-state index contributed by atoms with van der Waals surface area (Å²) in [4.78, 5) is 17.1. The molecule has 166 valence electrons. The normalized spacial score (nSPS) is 18.7. The topological polar surface area (TPSA) is 51.2 Å². The number of anilines is 2. The van der Waals surface area contributed by atoms with E-state index in [9.17, 15) is 4.79 Å². The molecule has 0 aromatic heterocycles. The molecule has 1 atom stereocenters. The van der Waals surface area contributed by atoms with Gasteiger partial charge in [-0.3, -0.25) is 9.69 Å². The standard InChI is InChI=1S/C25H32N2O4/c1-18-6-4-13-26(18)14-5-15-31-21-9-10-22-19(16-21)7-12-25(28)27(22)23-11-8-20(29-2)17-24(23)30-3/h8-11,16-18H,4-7,12-15H2,1-3H3/t18-/m1/s1. The molecule has 2 aromatic carbocycles. The van der Waals surface area contributed by atoms with Crippen LogP contribution in [-0.4, -0.2) is 50.8 Å². The number of amides is 1. The van der Waals surface area contributed by atoms with Gasteiger partial charge >= 0.3 is 0 Å². The Kier molecular flexibility index (Phi) is 6.66. The number of nitrogens with zero attached hydrogens (tertiary/aromatic N) is 2. The molecule has 2 aromatic rings. The largest absolute Gasteiger partial charge is 0.497 e. The van der Waals surface area contributed by atoms with E-state index in [0.29, 0.717) is 37.0 Å². The van der Waals surface area contributed by atoms with Crippen molar-refractivity contribution < 1.29 is 19.0 Å². The van der Waals surface area contributed by atoms with Gasteiger partial charge in [0.25, 0.3) is 0 Å². The Balaban J connectivity index is 1.47. The van der Waals surface area contributed by atoms with Crippen molar-refractivity contribution in [3.8, 4) is 17.2 Å². The van der Waals surface area contributed by atoms with E-state index in [1.54, 1.807) is 25.2 Å². The van der Waals surface area contributed by atoms with Crippen molar-refractivity contribution in [3.05, 3.63) is 42.0 Å². The summed E-state index contributed by atoms with van der Waals surface area (Å²) in [5.41, 5.74) is 2.73. The maximum absolute atomic E-state index is 12.8. The molecule has 4 rings (SSSR count). The first kappa shape index (κ1) is 21.5. The fourth-order valence-electron chi connectivity index (χ4n) is 4.57. The van der Waals surface area contributed by atoms with Gasteiger partial charge in [0.05, 0.1) is 32.2 Å². The van der Waals surface area contributed by atoms with E-state index < -0.39 is 0 Å². The lowest BCUT2D eigenvalue weighted by Gasteiger charge is -2.31. The fourth-order valence-corrected chi connectivity index (χ4v) is 4.57. The number of hydrogen-bond acceptors (Lipinski definition) is 5. The van der Waals surface area contributed by atoms with Crippen LogP contribution in [0.3, 0.4) is 0 Å². The number of rotatable bonds is 8. The molecule has 2 aliphatic rings. The second-order valence-electron chi connectivity index (χ2n) is 8.29. The second kappa shape index (κ2) is 9.60. The SMILES string of the molecule is COc1ccc(N2C(=O)CCc3cc(OCCCN4CCC[C@H]4C)ccc32)c(OC)c1. The van der Waals surface area contributed by atoms with Gasteiger partial charge in [0.2, 0.25) is 5.91 Å². The first-order valence-electron chi connectivity index (χ1n) is 11.2. The Morgan fingerprint density at radius 2 is 1.81 bits per heavy atom. The highest BCUT2D eigenvalue weighted by Crippen LogP contribution is 2.41. The summed E-state index contributed by atoms with van der Waals surface area (Å²) in [7, 11) is 3.22. The van der Waals surface area contributed by atoms with Crippen LogP contribution in [-0.2, 0) is 11.2 Å². The minimum absolute atomic E-state index is 0.0596. The molecule has 0 aliphatic carbocycles. The van der Waals surface area contributed by atoms with Crippen molar-refractivity contribution in [3.63, 3.8) is 0 Å². The summed E-state index contributed by atoms with van der Waals surface area (Å²) in [5, 5.41) is 0. The summed E-state index contributed by atoms with van der Waals surface area (Å²) < 4.78 is 16.9. The molecule has 1 fully saturated rings. The van der Waals surface area contributed by atoms with Crippen LogP contribution < -0.4 is 19.1 Å². The van der Waals surface area contributed by atoms with Crippen molar-refractivity contribution in [1.29, 1.82) is 0 Å². The predicted octanol–water partition coefficient (Wildman–Crippen LogP) is 4.57. The molecule has 0 N–H and O–H groups in total. The Labute approximate surface area is 184 Å². The van der Waals surface area contributed by atoms with Crippen LogP contribution >= 0.6 is 0 Å². The van der Waals surface area contributed by atoms with Gasteiger partial charge in [-0.05, 0) is 75.0 Å². The maximum atomic E-state index is 12.8. The van der Waals surface area contributed by atoms with E-state index in [4.69, 9.17) is 14.2 Å². The number of methoxy groups -OCH3 is 2. The number of carbonyl (C=O) groups excluding carboxylic acids is 1. The van der Waals surface area contributed by atoms with Gasteiger partial charge in [-0.2, -0.15) is 0 Å². The summed E-state index contributed by atoms with van der Waals surface area (Å²) in [6, 6.07) is 12.2. The highest BCUT2D eigenvalue weighted by molar-refractivity contribution is 6.04. The van der Waals surface area contributed by atoms with Crippen molar-refractivity contribution in [2.45, 2.75) is 45.1 Å². The molecule has 1 amide bonds. The van der Waals surface area contributed by atoms with Gasteiger partial charge in [0.15, 0.2) is 0 Å². The second-order valence-corrected chi connectivity index (χ2v) is 8.29. The van der Waals surface area contributed by atoms with E-state index in [1.807, 2.05) is 24.3 Å². The highest BCUT2D eigenvalue weighted by atomic mass is 16.5. The zero-order chi connectivity index (χ0) is 21.8. The van der Waals surface area contributed by atoms with Gasteiger partial charge < -0.3 is 19.1 Å². The molecular formula is C25H32N2O4. The maximum Gasteiger partial charge on any atom is 0.232 e. The number of fused-ring (bicyclic) bond motifs is 1. The van der Waals surface area contributed by atoms with E-state index >= 15 is 0 Å². The monoisotopic (exact) mass is 424 g/mol. The first-order valence-corrected chi connectivity index (χ1v) is 11.2. The number of likely N-dealkylation sites (tertiary alicyclic amines) is 1. The van der Waals surface area contributed by atoms with Gasteiger partial charge in [0.1, 0.15) is 17.2 Å². The molecule has 0 saturated carbocycles. The first-order chi connectivity index (χ1) is 15.1. The number of hydrogen-bond donors (Lipinski definition) is 0. The lowest BCUT2D eigenvalue weighted by molar-refractivity contribution is -0.118. The van der Waals surface area contributed by atoms with Gasteiger partial charge in [-0.25, -0.2) is 0 Å². The molecule has 0 unspecified atom stereocenters. The molecule has 2 aliphatic heterocycles. The zero-order valence-corrected chi connectivity index (χ0v) is 18.7. The Morgan fingerprint density at radius 1 is 1.00 bits per heavy atom. The zero-order valence-electron chi connectivity index (χ0n) is 18.7. The Hall–Kier alpha value is -2.73. The van der Waals surface area contributed by atoms with Crippen molar-refractivity contribution in [2.24, 2.45) is 0 Å². The van der Waals surface area contributed by atoms with Crippen molar-refractivity contribution in [2.75, 3.05) is 38.8 Å². The summed E-state index contributed by atoms with van der Waals surface area (Å²) in [6.07, 6.45) is 4.81. The highest BCUT2D eigenvalue weighted by Gasteiger charge is 2.28. The number of benzene rings is 2. The summed E-state index contributed by atoms with van der Waals surface area (Å²) in [5.74, 6) is 2.22. The van der Waals surface area contributed by atoms with E-state index in [1.165, 1.54) is 19.4 Å². The molecule has 2 heterocycles. The smallest absolute Gasteiger partial charge is 0.232 e. The molecule has 31 heavy (non-hydrogen) atoms. The minimum atomic E-state index is 0.0596. The predicted molar refractivity (Wildman–Crippen MR) is 122 cm³/mol. The third-order valence-corrected chi connectivity index (χ3v) is 6.33. The third kappa shape index (κ3) is 4.64. The van der Waals surface area contributed by atoms with Gasteiger partial charge in [-0.15, -0.1) is 0 Å². The minimum Gasteiger partial charge on any atom is -0.497 e. The average Bonchev–Trinajstić information content (AvgIpc) is 3.21.